The lowest BCUT2D eigenvalue weighted by Gasteiger charge is -2.27. The van der Waals surface area contributed by atoms with E-state index in [0.717, 1.165) is 38.5 Å². The highest BCUT2D eigenvalue weighted by molar-refractivity contribution is 7.18. The monoisotopic (exact) mass is 580 g/mol. The van der Waals surface area contributed by atoms with E-state index in [0.29, 0.717) is 42.2 Å². The third-order valence-electron chi connectivity index (χ3n) is 7.33. The molecule has 42 heavy (non-hydrogen) atoms. The van der Waals surface area contributed by atoms with Crippen LogP contribution in [0.3, 0.4) is 0 Å². The molecule has 10 heteroatoms. The zero-order valence-electron chi connectivity index (χ0n) is 22.4. The molecule has 210 valence electrons. The van der Waals surface area contributed by atoms with Gasteiger partial charge in [0.2, 0.25) is 5.88 Å². The molecule has 0 aliphatic carbocycles. The quantitative estimate of drug-likeness (QED) is 0.208. The van der Waals surface area contributed by atoms with Crippen molar-refractivity contribution in [1.82, 2.24) is 19.5 Å². The van der Waals surface area contributed by atoms with Crippen LogP contribution >= 0.6 is 11.3 Å². The summed E-state index contributed by atoms with van der Waals surface area (Å²) < 4.78 is 30.1. The van der Waals surface area contributed by atoms with E-state index in [1.54, 1.807) is 53.8 Å². The van der Waals surface area contributed by atoms with Gasteiger partial charge in [-0.2, -0.15) is 0 Å². The normalized spacial score (nSPS) is 14.7. The minimum atomic E-state index is -0.997. The van der Waals surface area contributed by atoms with Gasteiger partial charge in [0.25, 0.3) is 0 Å². The summed E-state index contributed by atoms with van der Waals surface area (Å²) in [5, 5.41) is 10.3. The smallest absolute Gasteiger partial charge is 0.335 e. The van der Waals surface area contributed by atoms with Crippen LogP contribution in [0.4, 0.5) is 4.39 Å². The van der Waals surface area contributed by atoms with E-state index in [4.69, 9.17) is 14.5 Å². The highest BCUT2D eigenvalue weighted by Gasteiger charge is 2.23. The summed E-state index contributed by atoms with van der Waals surface area (Å²) in [4.78, 5) is 25.5. The van der Waals surface area contributed by atoms with Gasteiger partial charge in [-0.3, -0.25) is 0 Å². The minimum absolute atomic E-state index is 0.0453. The molecular weight excluding hydrogens is 555 g/mol. The van der Waals surface area contributed by atoms with Gasteiger partial charge in [-0.05, 0) is 60.5 Å². The van der Waals surface area contributed by atoms with Crippen molar-refractivity contribution >= 4 is 38.6 Å². The number of hydrogen-bond acceptors (Lipinski definition) is 7. The molecule has 1 N–H and O–H groups in total. The summed E-state index contributed by atoms with van der Waals surface area (Å²) in [6, 6.07) is 23.2. The number of carboxylic acid groups (broad SMARTS) is 1. The van der Waals surface area contributed by atoms with Gasteiger partial charge < -0.3 is 19.1 Å². The van der Waals surface area contributed by atoms with Gasteiger partial charge in [0.1, 0.15) is 23.3 Å². The molecule has 3 aromatic heterocycles. The van der Waals surface area contributed by atoms with Crippen molar-refractivity contribution in [2.75, 3.05) is 6.61 Å². The predicted molar refractivity (Wildman–Crippen MR) is 157 cm³/mol. The molecule has 1 saturated heterocycles. The Balaban J connectivity index is 1.12. The number of aromatic carboxylic acids is 1. The lowest BCUT2D eigenvalue weighted by atomic mass is 10.1. The Bertz CT molecular complexity index is 1920. The van der Waals surface area contributed by atoms with Crippen LogP contribution in [0.15, 0.2) is 78.9 Å². The van der Waals surface area contributed by atoms with Crippen molar-refractivity contribution in [2.24, 2.45) is 0 Å². The molecule has 3 aromatic carbocycles. The summed E-state index contributed by atoms with van der Waals surface area (Å²) in [5.74, 6) is -0.286. The summed E-state index contributed by atoms with van der Waals surface area (Å²) in [7, 11) is 0. The Hall–Kier alpha value is -4.67. The Morgan fingerprint density at radius 3 is 2.69 bits per heavy atom. The van der Waals surface area contributed by atoms with Crippen molar-refractivity contribution in [2.45, 2.75) is 32.1 Å². The fraction of sp³-hybridized carbons (Fsp3) is 0.188. The molecule has 0 amide bonds. The fourth-order valence-corrected chi connectivity index (χ4v) is 5.98. The molecule has 1 fully saturated rings. The maximum Gasteiger partial charge on any atom is 0.335 e. The summed E-state index contributed by atoms with van der Waals surface area (Å²) in [6.07, 6.45) is 1.35. The zero-order valence-corrected chi connectivity index (χ0v) is 23.2. The van der Waals surface area contributed by atoms with Crippen molar-refractivity contribution in [3.63, 3.8) is 0 Å². The number of benzene rings is 3. The number of pyridine rings is 1. The molecule has 6 aromatic rings. The second-order valence-electron chi connectivity index (χ2n) is 10.1. The Labute approximate surface area is 244 Å². The lowest BCUT2D eigenvalue weighted by molar-refractivity contribution is -0.0589. The number of thiazole rings is 1. The minimum Gasteiger partial charge on any atom is -0.478 e. The van der Waals surface area contributed by atoms with E-state index in [9.17, 15) is 9.90 Å². The SMILES string of the molecule is O=C(O)c1ccc2nc(Cc3ccc(-c4cccc(OCc5nc6ccccc6s5)n4)c(F)c3)n(CC3CCO3)c2c1. The van der Waals surface area contributed by atoms with E-state index in [2.05, 4.69) is 9.97 Å². The second kappa shape index (κ2) is 11.0. The predicted octanol–water partition coefficient (Wildman–Crippen LogP) is 6.50. The zero-order chi connectivity index (χ0) is 28.6. The number of carboxylic acids is 1. The van der Waals surface area contributed by atoms with Crippen LogP contribution in [0, 0.1) is 5.82 Å². The third kappa shape index (κ3) is 5.22. The van der Waals surface area contributed by atoms with Crippen molar-refractivity contribution in [1.29, 1.82) is 0 Å². The molecule has 1 aliphatic rings. The van der Waals surface area contributed by atoms with Gasteiger partial charge in [0, 0.05) is 24.7 Å². The molecule has 8 nitrogen and oxygen atoms in total. The van der Waals surface area contributed by atoms with Crippen LogP contribution in [-0.2, 0) is 24.3 Å². The fourth-order valence-electron chi connectivity index (χ4n) is 5.10. The van der Waals surface area contributed by atoms with Crippen LogP contribution < -0.4 is 4.74 Å². The van der Waals surface area contributed by atoms with E-state index in [-0.39, 0.29) is 18.3 Å². The molecule has 1 unspecified atom stereocenters. The molecular formula is C32H25FN4O4S. The van der Waals surface area contributed by atoms with Crippen LogP contribution in [0.1, 0.15) is 33.2 Å². The molecule has 0 spiro atoms. The number of imidazole rings is 1. The number of aromatic nitrogens is 4. The summed E-state index contributed by atoms with van der Waals surface area (Å²) in [5.41, 5.74) is 4.12. The summed E-state index contributed by atoms with van der Waals surface area (Å²) in [6.45, 7) is 1.54. The van der Waals surface area contributed by atoms with Gasteiger partial charge in [0.15, 0.2) is 0 Å². The molecule has 4 heterocycles. The topological polar surface area (TPSA) is 99.4 Å². The first-order chi connectivity index (χ1) is 20.5. The van der Waals surface area contributed by atoms with Crippen molar-refractivity contribution in [3.8, 4) is 17.1 Å². The lowest BCUT2D eigenvalue weighted by Crippen LogP contribution is -2.31. The highest BCUT2D eigenvalue weighted by Crippen LogP contribution is 2.28. The number of rotatable bonds is 9. The van der Waals surface area contributed by atoms with Gasteiger partial charge in [0.05, 0.1) is 45.2 Å². The number of carbonyl (C=O) groups is 1. The van der Waals surface area contributed by atoms with Gasteiger partial charge in [-0.1, -0.05) is 24.3 Å². The molecule has 0 bridgehead atoms. The van der Waals surface area contributed by atoms with Crippen LogP contribution in [0.2, 0.25) is 0 Å². The van der Waals surface area contributed by atoms with E-state index >= 15 is 4.39 Å². The molecule has 7 rings (SSSR count). The highest BCUT2D eigenvalue weighted by atomic mass is 32.1. The largest absolute Gasteiger partial charge is 0.478 e. The summed E-state index contributed by atoms with van der Waals surface area (Å²) >= 11 is 1.57. The Morgan fingerprint density at radius 1 is 1.02 bits per heavy atom. The van der Waals surface area contributed by atoms with E-state index in [1.165, 1.54) is 6.07 Å². The van der Waals surface area contributed by atoms with E-state index in [1.807, 2.05) is 34.9 Å². The van der Waals surface area contributed by atoms with Crippen LogP contribution in [-0.4, -0.2) is 43.3 Å². The number of halogens is 1. The third-order valence-corrected chi connectivity index (χ3v) is 8.34. The number of ether oxygens (including phenoxy) is 2. The van der Waals surface area contributed by atoms with E-state index < -0.39 is 11.8 Å². The Kier molecular flexibility index (Phi) is 6.85. The average Bonchev–Trinajstić information content (AvgIpc) is 3.54. The molecule has 0 saturated carbocycles. The van der Waals surface area contributed by atoms with Crippen molar-refractivity contribution < 1.29 is 23.8 Å². The van der Waals surface area contributed by atoms with Gasteiger partial charge in [-0.25, -0.2) is 24.1 Å². The molecule has 1 atom stereocenters. The Morgan fingerprint density at radius 2 is 1.90 bits per heavy atom. The number of fused-ring (bicyclic) bond motifs is 2. The standard InChI is InChI=1S/C32H25FN4O4S/c33-23-14-19(15-29-34-25-11-9-20(32(38)39)16-27(25)37(29)17-21-12-13-40-21)8-10-22(23)24-5-3-7-30(35-24)41-18-31-36-26-4-1-2-6-28(26)42-31/h1-11,14,16,21H,12-13,15,17-18H2,(H,38,39). The number of nitrogens with zero attached hydrogens (tertiary/aromatic N) is 4. The first-order valence-electron chi connectivity index (χ1n) is 13.6. The van der Waals surface area contributed by atoms with Crippen LogP contribution in [0.5, 0.6) is 5.88 Å². The first kappa shape index (κ1) is 26.2. The maximum absolute atomic E-state index is 15.5. The molecule has 1 aliphatic heterocycles. The van der Waals surface area contributed by atoms with Crippen LogP contribution in [0.25, 0.3) is 32.5 Å². The average molecular weight is 581 g/mol. The maximum atomic E-state index is 15.5. The number of para-hydroxylation sites is 1. The van der Waals surface area contributed by atoms with Crippen molar-refractivity contribution in [3.05, 3.63) is 107 Å². The second-order valence-corrected chi connectivity index (χ2v) is 11.3. The molecule has 0 radical (unpaired) electrons. The first-order valence-corrected chi connectivity index (χ1v) is 14.4. The van der Waals surface area contributed by atoms with Gasteiger partial charge >= 0.3 is 5.97 Å². The number of hydrogen-bond donors (Lipinski definition) is 1. The van der Waals surface area contributed by atoms with Gasteiger partial charge in [-0.15, -0.1) is 11.3 Å².